The number of nitrogens with zero attached hydrogens (tertiary/aromatic N) is 8. The number of piperidine rings is 1. The van der Waals surface area contributed by atoms with Crippen LogP contribution in [0.3, 0.4) is 0 Å². The molecule has 2 fully saturated rings. The first kappa shape index (κ1) is 35.6. The van der Waals surface area contributed by atoms with Crippen LogP contribution >= 0.6 is 0 Å². The van der Waals surface area contributed by atoms with Crippen LogP contribution in [0.1, 0.15) is 55.4 Å². The third-order valence-electron chi connectivity index (χ3n) is 8.26. The summed E-state index contributed by atoms with van der Waals surface area (Å²) in [5.74, 6) is -2.63. The number of carboxylic acids is 2. The highest BCUT2D eigenvalue weighted by Gasteiger charge is 2.46. The summed E-state index contributed by atoms with van der Waals surface area (Å²) >= 11 is 0. The molecule has 0 aromatic carbocycles. The summed E-state index contributed by atoms with van der Waals surface area (Å²) < 4.78 is 68.0. The standard InChI is InChI=1S/C25H34N8.2C2HF3O2/c1-3-32-15-21(13-28-32)14-30-17-22-23(29-19(2)33(22)16-20-5-6-20)25(18-30)7-11-31(12-8-25)24-26-9-4-10-27-24;2*3-2(4,5)1(6)7/h4,9-10,13,15,20H,3,5-8,11-12,14,16-18H2,1-2H3;2*(H,6,7). The molecule has 3 aromatic rings. The number of rotatable bonds is 6. The van der Waals surface area contributed by atoms with Gasteiger partial charge in [-0.25, -0.2) is 24.5 Å². The van der Waals surface area contributed by atoms with Crippen molar-refractivity contribution in [2.24, 2.45) is 5.92 Å². The first-order valence-corrected chi connectivity index (χ1v) is 14.9. The summed E-state index contributed by atoms with van der Waals surface area (Å²) in [6, 6.07) is 1.89. The van der Waals surface area contributed by atoms with E-state index in [1.165, 1.54) is 35.6 Å². The predicted octanol–water partition coefficient (Wildman–Crippen LogP) is 4.43. The van der Waals surface area contributed by atoms with Gasteiger partial charge in [-0.3, -0.25) is 9.58 Å². The van der Waals surface area contributed by atoms with Crippen LogP contribution in [-0.4, -0.2) is 88.3 Å². The summed E-state index contributed by atoms with van der Waals surface area (Å²) in [7, 11) is 0. The van der Waals surface area contributed by atoms with Gasteiger partial charge in [0, 0.05) is 75.4 Å². The molecule has 0 atom stereocenters. The van der Waals surface area contributed by atoms with E-state index in [2.05, 4.69) is 49.5 Å². The number of carboxylic acid groups (broad SMARTS) is 2. The number of anilines is 1. The molecule has 2 N–H and O–H groups in total. The molecule has 1 saturated carbocycles. The smallest absolute Gasteiger partial charge is 0.475 e. The van der Waals surface area contributed by atoms with Gasteiger partial charge in [-0.1, -0.05) is 0 Å². The quantitative estimate of drug-likeness (QED) is 0.361. The Bertz CT molecular complexity index is 1490. The Morgan fingerprint density at radius 2 is 1.57 bits per heavy atom. The van der Waals surface area contributed by atoms with E-state index in [9.17, 15) is 26.3 Å². The zero-order valence-electron chi connectivity index (χ0n) is 25.8. The van der Waals surface area contributed by atoms with Crippen molar-refractivity contribution in [1.29, 1.82) is 0 Å². The number of hydrogen-bond acceptors (Lipinski definition) is 8. The number of fused-ring (bicyclic) bond motifs is 2. The normalized spacial score (nSPS) is 17.7. The summed E-state index contributed by atoms with van der Waals surface area (Å²) in [6.07, 6.45) is 2.65. The third-order valence-corrected chi connectivity index (χ3v) is 8.26. The molecular weight excluding hydrogens is 638 g/mol. The summed E-state index contributed by atoms with van der Waals surface area (Å²) in [6.45, 7) is 11.3. The van der Waals surface area contributed by atoms with Crippen molar-refractivity contribution >= 4 is 17.9 Å². The molecule has 1 spiro atoms. The Balaban J connectivity index is 0.000000301. The van der Waals surface area contributed by atoms with Crippen molar-refractivity contribution in [1.82, 2.24) is 34.2 Å². The maximum Gasteiger partial charge on any atom is 0.490 e. The SMILES string of the molecule is CCn1cc(CN2Cc3c(nc(C)n3CC3CC3)C3(CCN(c4ncccn4)CC3)C2)cn1.O=C(O)C(F)(F)F.O=C(O)C(F)(F)F. The lowest BCUT2D eigenvalue weighted by Crippen LogP contribution is -2.52. The molecule has 12 nitrogen and oxygen atoms in total. The van der Waals surface area contributed by atoms with E-state index in [0.717, 1.165) is 70.5 Å². The zero-order valence-corrected chi connectivity index (χ0v) is 25.8. The highest BCUT2D eigenvalue weighted by atomic mass is 19.4. The number of hydrogen-bond donors (Lipinski definition) is 2. The van der Waals surface area contributed by atoms with Crippen molar-refractivity contribution in [2.45, 2.75) is 83.5 Å². The molecule has 1 saturated heterocycles. The van der Waals surface area contributed by atoms with Gasteiger partial charge in [0.1, 0.15) is 5.82 Å². The predicted molar refractivity (Wildman–Crippen MR) is 154 cm³/mol. The van der Waals surface area contributed by atoms with Crippen molar-refractivity contribution in [3.8, 4) is 0 Å². The van der Waals surface area contributed by atoms with Crippen LogP contribution in [-0.2, 0) is 41.2 Å². The largest absolute Gasteiger partial charge is 0.490 e. The Labute approximate surface area is 266 Å². The van der Waals surface area contributed by atoms with Crippen molar-refractivity contribution in [3.05, 3.63) is 53.6 Å². The lowest BCUT2D eigenvalue weighted by molar-refractivity contribution is -0.193. The van der Waals surface area contributed by atoms with Gasteiger partial charge in [0.25, 0.3) is 0 Å². The minimum Gasteiger partial charge on any atom is -0.475 e. The van der Waals surface area contributed by atoms with E-state index >= 15 is 0 Å². The molecule has 18 heteroatoms. The molecule has 0 radical (unpaired) electrons. The van der Waals surface area contributed by atoms with E-state index in [1.807, 2.05) is 29.3 Å². The van der Waals surface area contributed by atoms with E-state index in [-0.39, 0.29) is 5.41 Å². The molecule has 0 bridgehead atoms. The van der Waals surface area contributed by atoms with Gasteiger partial charge in [0.05, 0.1) is 17.6 Å². The molecule has 47 heavy (non-hydrogen) atoms. The number of aliphatic carboxylic acids is 2. The average molecular weight is 675 g/mol. The fourth-order valence-electron chi connectivity index (χ4n) is 5.78. The zero-order chi connectivity index (χ0) is 34.6. The number of alkyl halides is 6. The van der Waals surface area contributed by atoms with Gasteiger partial charge < -0.3 is 19.7 Å². The molecule has 6 rings (SSSR count). The van der Waals surface area contributed by atoms with Crippen LogP contribution in [0.25, 0.3) is 0 Å². The van der Waals surface area contributed by atoms with Gasteiger partial charge in [0.15, 0.2) is 0 Å². The van der Waals surface area contributed by atoms with Crippen LogP contribution < -0.4 is 4.90 Å². The highest BCUT2D eigenvalue weighted by molar-refractivity contribution is 5.73. The maximum absolute atomic E-state index is 10.6. The van der Waals surface area contributed by atoms with E-state index < -0.39 is 24.3 Å². The van der Waals surface area contributed by atoms with Crippen LogP contribution in [0.5, 0.6) is 0 Å². The molecule has 0 unspecified atom stereocenters. The fourth-order valence-corrected chi connectivity index (χ4v) is 5.78. The number of halogens is 6. The Kier molecular flexibility index (Phi) is 10.8. The molecule has 1 aliphatic carbocycles. The Morgan fingerprint density at radius 3 is 2.06 bits per heavy atom. The summed E-state index contributed by atoms with van der Waals surface area (Å²) in [5, 5.41) is 18.8. The van der Waals surface area contributed by atoms with Gasteiger partial charge in [0.2, 0.25) is 5.95 Å². The second kappa shape index (κ2) is 14.3. The number of carbonyl (C=O) groups is 2. The van der Waals surface area contributed by atoms with Gasteiger partial charge in [-0.05, 0) is 51.5 Å². The number of aromatic nitrogens is 6. The van der Waals surface area contributed by atoms with Gasteiger partial charge in [-0.2, -0.15) is 31.4 Å². The molecule has 5 heterocycles. The second-order valence-corrected chi connectivity index (χ2v) is 11.8. The number of imidazole rings is 1. The highest BCUT2D eigenvalue weighted by Crippen LogP contribution is 2.43. The maximum atomic E-state index is 10.6. The molecular formula is C29H36F6N8O4. The van der Waals surface area contributed by atoms with Gasteiger partial charge in [-0.15, -0.1) is 0 Å². The van der Waals surface area contributed by atoms with Crippen LogP contribution in [0.2, 0.25) is 0 Å². The van der Waals surface area contributed by atoms with E-state index in [4.69, 9.17) is 24.8 Å². The average Bonchev–Trinajstić information content (AvgIpc) is 3.63. The second-order valence-electron chi connectivity index (χ2n) is 11.8. The van der Waals surface area contributed by atoms with Crippen molar-refractivity contribution < 1.29 is 46.1 Å². The van der Waals surface area contributed by atoms with Crippen molar-refractivity contribution in [3.63, 3.8) is 0 Å². The van der Waals surface area contributed by atoms with Crippen LogP contribution in [0, 0.1) is 12.8 Å². The van der Waals surface area contributed by atoms with Crippen molar-refractivity contribution in [2.75, 3.05) is 24.5 Å². The van der Waals surface area contributed by atoms with Crippen LogP contribution in [0.15, 0.2) is 30.9 Å². The first-order chi connectivity index (χ1) is 22.0. The summed E-state index contributed by atoms with van der Waals surface area (Å²) in [4.78, 5) is 37.0. The topological polar surface area (TPSA) is 142 Å². The molecule has 3 aliphatic rings. The fraction of sp³-hybridized carbons (Fsp3) is 0.586. The number of aryl methyl sites for hydroxylation is 2. The third kappa shape index (κ3) is 9.20. The molecule has 3 aromatic heterocycles. The first-order valence-electron chi connectivity index (χ1n) is 14.9. The van der Waals surface area contributed by atoms with Crippen LogP contribution in [0.4, 0.5) is 32.3 Å². The molecule has 258 valence electrons. The van der Waals surface area contributed by atoms with E-state index in [0.29, 0.717) is 0 Å². The minimum atomic E-state index is -5.08. The molecule has 2 aliphatic heterocycles. The van der Waals surface area contributed by atoms with E-state index in [1.54, 1.807) is 0 Å². The Hall–Kier alpha value is -4.22. The lowest BCUT2D eigenvalue weighted by Gasteiger charge is -2.47. The summed E-state index contributed by atoms with van der Waals surface area (Å²) in [5.41, 5.74) is 4.22. The Morgan fingerprint density at radius 1 is 1.00 bits per heavy atom. The molecule has 0 amide bonds. The lowest BCUT2D eigenvalue weighted by atomic mass is 9.72. The minimum absolute atomic E-state index is 0.0964. The van der Waals surface area contributed by atoms with Gasteiger partial charge >= 0.3 is 24.3 Å². The monoisotopic (exact) mass is 674 g/mol.